The van der Waals surface area contributed by atoms with E-state index in [4.69, 9.17) is 44.8 Å². The average Bonchev–Trinajstić information content (AvgIpc) is 0.832. The molecule has 1 aliphatic rings. The first-order chi connectivity index (χ1) is 42.0. The molecular weight excluding hydrogens is 1180 g/mol. The van der Waals surface area contributed by atoms with Crippen LogP contribution in [0.5, 0.6) is 11.5 Å². The maximum absolute atomic E-state index is 15.6. The standard InChI is InChI=1S/C66H84ClN7O16/c1-39-54(75)73-50(58(79)84-15)36-40-21-30-51(86-62(83)90-66(11,12)13)47(35-40)48-38-45(37-44(19-18-32-69-60(81)88-64(5,6)7)53(48)85-34-33-70-61(82)89-65(8,9)10)52(56(77)71-39)74(14)57(78)49(20-16-17-31-68-59(80)87-63(2,3)4)72-55(76)43-24-22-41(23-25-43)42-26-28-46(67)29-27-42/h21-30,35,37-39,49-50,52H,16-17,20,31-34,36H2,1-15H3,(H,68,80)(H,69,81)(H,70,82)(H,71,77)(H,72,76)(H,73,75)/t39-,49-,50-,52-/m0/s1. The number of unbranched alkanes of at least 4 members (excludes halogenated alkanes) is 1. The minimum atomic E-state index is -1.72. The number of alkyl carbamates (subject to hydrolysis) is 3. The molecule has 0 saturated heterocycles. The largest absolute Gasteiger partial charge is 0.514 e. The number of carbonyl (C=O) groups excluding carboxylic acids is 9. The highest BCUT2D eigenvalue weighted by atomic mass is 35.5. The lowest BCUT2D eigenvalue weighted by atomic mass is 9.91. The Morgan fingerprint density at radius 1 is 0.678 bits per heavy atom. The van der Waals surface area contributed by atoms with Gasteiger partial charge in [-0.25, -0.2) is 24.0 Å². The first kappa shape index (κ1) is 71.7. The van der Waals surface area contributed by atoms with Crippen LogP contribution in [0.4, 0.5) is 19.2 Å². The molecule has 5 rings (SSSR count). The zero-order chi connectivity index (χ0) is 66.9. The van der Waals surface area contributed by atoms with Gasteiger partial charge in [-0.2, -0.15) is 0 Å². The third kappa shape index (κ3) is 23.2. The van der Waals surface area contributed by atoms with Crippen molar-refractivity contribution >= 4 is 65.6 Å². The fourth-order valence-corrected chi connectivity index (χ4v) is 9.02. The van der Waals surface area contributed by atoms with Crippen LogP contribution in [0.1, 0.15) is 142 Å². The highest BCUT2D eigenvalue weighted by Gasteiger charge is 2.37. The molecular formula is C66H84ClN7O16. The highest BCUT2D eigenvalue weighted by molar-refractivity contribution is 6.30. The lowest BCUT2D eigenvalue weighted by molar-refractivity contribution is -0.145. The number of nitrogens with zero attached hydrogens (tertiary/aromatic N) is 1. The third-order valence-corrected chi connectivity index (χ3v) is 13.0. The van der Waals surface area contributed by atoms with Crippen molar-refractivity contribution in [1.29, 1.82) is 0 Å². The van der Waals surface area contributed by atoms with Crippen molar-refractivity contribution in [2.24, 2.45) is 0 Å². The van der Waals surface area contributed by atoms with E-state index in [2.05, 4.69) is 43.7 Å². The summed E-state index contributed by atoms with van der Waals surface area (Å²) in [5, 5.41) is 16.8. The van der Waals surface area contributed by atoms with Gasteiger partial charge >= 0.3 is 30.4 Å². The number of nitrogens with one attached hydrogen (secondary N) is 6. The van der Waals surface area contributed by atoms with Gasteiger partial charge in [0, 0.05) is 41.7 Å². The molecule has 24 heteroatoms. The van der Waals surface area contributed by atoms with Crippen LogP contribution in [0, 0.1) is 11.8 Å². The molecule has 0 saturated carbocycles. The number of ether oxygens (including phenoxy) is 7. The van der Waals surface area contributed by atoms with Crippen LogP contribution in [0.3, 0.4) is 0 Å². The Morgan fingerprint density at radius 3 is 1.82 bits per heavy atom. The summed E-state index contributed by atoms with van der Waals surface area (Å²) in [4.78, 5) is 126. The summed E-state index contributed by atoms with van der Waals surface area (Å²) >= 11 is 6.14. The van der Waals surface area contributed by atoms with Gasteiger partial charge in [0.2, 0.25) is 17.7 Å². The summed E-state index contributed by atoms with van der Waals surface area (Å²) < 4.78 is 39.5. The van der Waals surface area contributed by atoms with E-state index in [0.717, 1.165) is 23.1 Å². The van der Waals surface area contributed by atoms with Crippen molar-refractivity contribution in [1.82, 2.24) is 36.8 Å². The number of halogens is 1. The van der Waals surface area contributed by atoms with Crippen molar-refractivity contribution < 1.29 is 76.3 Å². The van der Waals surface area contributed by atoms with E-state index in [0.29, 0.717) is 17.0 Å². The smallest absolute Gasteiger partial charge is 0.490 e. The number of carbonyl (C=O) groups is 9. The molecule has 0 fully saturated rings. The second-order valence-electron chi connectivity index (χ2n) is 25.2. The summed E-state index contributed by atoms with van der Waals surface area (Å²) in [5.41, 5.74) is -1.12. The van der Waals surface area contributed by atoms with Gasteiger partial charge in [-0.05, 0) is 180 Å². The number of hydrogen-bond acceptors (Lipinski definition) is 16. The first-order valence-corrected chi connectivity index (χ1v) is 29.7. The van der Waals surface area contributed by atoms with Crippen LogP contribution in [-0.2, 0) is 49.3 Å². The molecule has 7 amide bonds. The molecule has 23 nitrogen and oxygen atoms in total. The number of methoxy groups -OCH3 is 1. The van der Waals surface area contributed by atoms with Gasteiger partial charge in [0.1, 0.15) is 64.7 Å². The maximum atomic E-state index is 15.6. The highest BCUT2D eigenvalue weighted by Crippen LogP contribution is 2.43. The summed E-state index contributed by atoms with van der Waals surface area (Å²) in [6.07, 6.45) is -2.97. The van der Waals surface area contributed by atoms with E-state index in [1.807, 2.05) is 12.1 Å². The molecule has 0 unspecified atom stereocenters. The van der Waals surface area contributed by atoms with E-state index in [1.165, 1.54) is 32.2 Å². The molecule has 6 N–H and O–H groups in total. The van der Waals surface area contributed by atoms with E-state index in [9.17, 15) is 33.6 Å². The van der Waals surface area contributed by atoms with E-state index in [-0.39, 0.29) is 84.8 Å². The Balaban J connectivity index is 1.78. The fraction of sp³-hybridized carbons (Fsp3) is 0.470. The van der Waals surface area contributed by atoms with Gasteiger partial charge < -0.3 is 70.0 Å². The molecule has 1 aliphatic heterocycles. The number of fused-ring (bicyclic) bond motifs is 5. The summed E-state index contributed by atoms with van der Waals surface area (Å²) in [7, 11) is 2.47. The number of rotatable bonds is 17. The van der Waals surface area contributed by atoms with Gasteiger partial charge in [-0.15, -0.1) is 0 Å². The van der Waals surface area contributed by atoms with Gasteiger partial charge in [0.05, 0.1) is 25.8 Å². The van der Waals surface area contributed by atoms with Crippen molar-refractivity contribution in [2.45, 2.75) is 162 Å². The van der Waals surface area contributed by atoms with Gasteiger partial charge in [0.25, 0.3) is 5.91 Å². The average molecular weight is 1270 g/mol. The van der Waals surface area contributed by atoms with Crippen molar-refractivity contribution in [2.75, 3.05) is 40.4 Å². The van der Waals surface area contributed by atoms with Crippen LogP contribution < -0.4 is 41.4 Å². The fourth-order valence-electron chi connectivity index (χ4n) is 8.90. The second kappa shape index (κ2) is 31.4. The Hall–Kier alpha value is -9.04. The number of likely N-dealkylation sites (N-methyl/N-ethyl adjacent to an activating group) is 1. The number of esters is 1. The quantitative estimate of drug-likeness (QED) is 0.0189. The zero-order valence-corrected chi connectivity index (χ0v) is 54.6. The van der Waals surface area contributed by atoms with Crippen LogP contribution in [0.15, 0.2) is 78.9 Å². The van der Waals surface area contributed by atoms with Crippen molar-refractivity contribution in [3.8, 4) is 45.6 Å². The molecule has 90 heavy (non-hydrogen) atoms. The molecule has 0 aromatic heterocycles. The molecule has 4 bridgehead atoms. The van der Waals surface area contributed by atoms with Gasteiger partial charge in [0.15, 0.2) is 0 Å². The molecule has 1 heterocycles. The zero-order valence-electron chi connectivity index (χ0n) is 53.8. The minimum absolute atomic E-state index is 0.0211. The monoisotopic (exact) mass is 1270 g/mol. The van der Waals surface area contributed by atoms with Crippen LogP contribution in [0.2, 0.25) is 5.02 Å². The van der Waals surface area contributed by atoms with E-state index < -0.39 is 101 Å². The molecule has 4 aromatic rings. The normalized spacial score (nSPS) is 15.4. The van der Waals surface area contributed by atoms with E-state index >= 15 is 9.59 Å². The molecule has 0 spiro atoms. The minimum Gasteiger partial charge on any atom is -0.490 e. The Bertz CT molecular complexity index is 3310. The summed E-state index contributed by atoms with van der Waals surface area (Å²) in [6, 6.07) is 15.5. The molecule has 486 valence electrons. The predicted molar refractivity (Wildman–Crippen MR) is 337 cm³/mol. The van der Waals surface area contributed by atoms with Crippen molar-refractivity contribution in [3.05, 3.63) is 106 Å². The molecule has 0 radical (unpaired) electrons. The lowest BCUT2D eigenvalue weighted by Gasteiger charge is -2.33. The van der Waals surface area contributed by atoms with Crippen LogP contribution in [0.25, 0.3) is 22.3 Å². The SMILES string of the molecule is COC(=O)[C@@H]1Cc2ccc(OC(=O)OC(C)(C)C)c(c2)-c2cc(cc(C#CCNC(=O)OC(C)(C)C)c2OCCNC(=O)OC(C)(C)C)[C@H](N(C)C(=O)[C@H](CCCCNC(=O)OC(C)(C)C)NC(=O)c2ccc(-c3ccc(Cl)cc3)cc2)C(=O)N[C@@H](C)C(=O)N1. The Labute approximate surface area is 531 Å². The number of amides is 7. The lowest BCUT2D eigenvalue weighted by Crippen LogP contribution is -2.55. The second-order valence-corrected chi connectivity index (χ2v) is 25.6. The van der Waals surface area contributed by atoms with E-state index in [1.54, 1.807) is 132 Å². The Morgan fingerprint density at radius 2 is 1.24 bits per heavy atom. The Kier molecular flexibility index (Phi) is 25.0. The molecule has 4 aromatic carbocycles. The number of hydrogen-bond donors (Lipinski definition) is 6. The third-order valence-electron chi connectivity index (χ3n) is 12.8. The molecule has 0 aliphatic carbocycles. The first-order valence-electron chi connectivity index (χ1n) is 29.4. The summed E-state index contributed by atoms with van der Waals surface area (Å²) in [6.45, 7) is 21.1. The van der Waals surface area contributed by atoms with Crippen LogP contribution >= 0.6 is 11.6 Å². The molecule has 4 atom stereocenters. The van der Waals surface area contributed by atoms with Gasteiger partial charge in [-0.1, -0.05) is 53.8 Å². The summed E-state index contributed by atoms with van der Waals surface area (Å²) in [5.74, 6) is 1.76. The van der Waals surface area contributed by atoms with Crippen LogP contribution in [-0.4, -0.2) is 140 Å². The van der Waals surface area contributed by atoms with Gasteiger partial charge in [-0.3, -0.25) is 19.2 Å². The topological polar surface area (TPSA) is 294 Å². The number of benzene rings is 4. The predicted octanol–water partition coefficient (Wildman–Crippen LogP) is 9.48. The maximum Gasteiger partial charge on any atom is 0.514 e. The van der Waals surface area contributed by atoms with Crippen molar-refractivity contribution in [3.63, 3.8) is 0 Å².